The van der Waals surface area contributed by atoms with E-state index in [1.165, 1.54) is 12.1 Å². The van der Waals surface area contributed by atoms with Crippen LogP contribution in [0.5, 0.6) is 0 Å². The van der Waals surface area contributed by atoms with E-state index in [4.69, 9.17) is 15.3 Å². The number of fused-ring (bicyclic) bond motifs is 1. The van der Waals surface area contributed by atoms with E-state index < -0.39 is 0 Å². The summed E-state index contributed by atoms with van der Waals surface area (Å²) in [5.74, 6) is 0.489. The van der Waals surface area contributed by atoms with Gasteiger partial charge < -0.3 is 10.2 Å². The molecule has 1 aliphatic rings. The monoisotopic (exact) mass is 489 g/mol. The molecule has 7 nitrogen and oxygen atoms in total. The molecule has 1 aliphatic heterocycles. The minimum absolute atomic E-state index is 0.212. The maximum Gasteiger partial charge on any atom is 0.216 e. The van der Waals surface area contributed by atoms with E-state index in [1.807, 2.05) is 28.8 Å². The molecule has 9 heteroatoms. The summed E-state index contributed by atoms with van der Waals surface area (Å²) in [7, 11) is 0. The first-order valence-corrected chi connectivity index (χ1v) is 12.5. The molecule has 0 bridgehead atoms. The summed E-state index contributed by atoms with van der Waals surface area (Å²) in [6, 6.07) is 16.5. The number of halogens is 1. The first-order valence-electron chi connectivity index (χ1n) is 11.7. The van der Waals surface area contributed by atoms with Crippen LogP contribution in [0.25, 0.3) is 16.2 Å². The molecule has 180 valence electrons. The number of rotatable bonds is 5. The number of nitrogens with one attached hydrogen (secondary N) is 1. The Kier molecular flexibility index (Phi) is 6.17. The fourth-order valence-electron chi connectivity index (χ4n) is 4.27. The number of benzene rings is 2. The van der Waals surface area contributed by atoms with Crippen LogP contribution in [-0.4, -0.2) is 51.2 Å². The van der Waals surface area contributed by atoms with Crippen LogP contribution in [0.15, 0.2) is 48.5 Å². The highest BCUT2D eigenvalue weighted by atomic mass is 32.1. The third kappa shape index (κ3) is 5.14. The van der Waals surface area contributed by atoms with Gasteiger partial charge in [0.2, 0.25) is 10.1 Å². The minimum atomic E-state index is -0.286. The number of nitrogens with zero attached hydrogens (tertiary/aromatic N) is 6. The highest BCUT2D eigenvalue weighted by molar-refractivity contribution is 7.20. The molecular formula is C26H28FN7S. The van der Waals surface area contributed by atoms with Gasteiger partial charge in [-0.15, -0.1) is 5.10 Å². The molecule has 2 aromatic carbocycles. The summed E-state index contributed by atoms with van der Waals surface area (Å²) >= 11 is 1.55. The summed E-state index contributed by atoms with van der Waals surface area (Å²) in [4.78, 5) is 10.3. The van der Waals surface area contributed by atoms with Crippen LogP contribution in [0.3, 0.4) is 0 Å². The van der Waals surface area contributed by atoms with Gasteiger partial charge in [-0.2, -0.15) is 9.78 Å². The van der Waals surface area contributed by atoms with E-state index in [-0.39, 0.29) is 11.4 Å². The predicted molar refractivity (Wildman–Crippen MR) is 138 cm³/mol. The van der Waals surface area contributed by atoms with Crippen molar-refractivity contribution in [1.82, 2.24) is 19.5 Å². The Labute approximate surface area is 208 Å². The summed E-state index contributed by atoms with van der Waals surface area (Å²) in [6.45, 7) is 10.7. The number of hydrogen-bond acceptors (Lipinski definition) is 7. The summed E-state index contributed by atoms with van der Waals surface area (Å²) in [6.07, 6.45) is 0. The number of aromatic nitrogens is 3. The molecule has 0 aliphatic carbocycles. The fourth-order valence-corrected chi connectivity index (χ4v) is 5.22. The molecule has 1 N–H and O–H groups in total. The second kappa shape index (κ2) is 9.29. The van der Waals surface area contributed by atoms with Crippen LogP contribution < -0.4 is 10.2 Å². The van der Waals surface area contributed by atoms with Gasteiger partial charge in [0.25, 0.3) is 0 Å². The van der Waals surface area contributed by atoms with Crippen molar-refractivity contribution in [2.45, 2.75) is 32.9 Å². The van der Waals surface area contributed by atoms with Gasteiger partial charge >= 0.3 is 0 Å². The van der Waals surface area contributed by atoms with Crippen molar-refractivity contribution in [1.29, 1.82) is 5.26 Å². The highest BCUT2D eigenvalue weighted by Gasteiger charge is 2.25. The number of anilines is 2. The quantitative estimate of drug-likeness (QED) is 0.425. The van der Waals surface area contributed by atoms with E-state index in [1.54, 1.807) is 17.4 Å². The van der Waals surface area contributed by atoms with Crippen molar-refractivity contribution in [3.8, 4) is 17.3 Å². The summed E-state index contributed by atoms with van der Waals surface area (Å²) in [5.41, 5.74) is 3.08. The Hall–Kier alpha value is -3.48. The van der Waals surface area contributed by atoms with Crippen LogP contribution in [0.2, 0.25) is 0 Å². The topological polar surface area (TPSA) is 72.5 Å². The largest absolute Gasteiger partial charge is 0.364 e. The lowest BCUT2D eigenvalue weighted by atomic mass is 10.1. The molecule has 0 spiro atoms. The van der Waals surface area contributed by atoms with Crippen molar-refractivity contribution in [3.63, 3.8) is 0 Å². The van der Waals surface area contributed by atoms with Crippen molar-refractivity contribution < 1.29 is 4.39 Å². The zero-order valence-corrected chi connectivity index (χ0v) is 20.9. The zero-order valence-electron chi connectivity index (χ0n) is 20.1. The average Bonchev–Trinajstić information content (AvgIpc) is 3.38. The normalized spacial score (nSPS) is 14.9. The number of imidazole rings is 1. The van der Waals surface area contributed by atoms with Gasteiger partial charge in [0.15, 0.2) is 5.82 Å². The maximum atomic E-state index is 13.9. The van der Waals surface area contributed by atoms with Crippen molar-refractivity contribution >= 4 is 27.2 Å². The molecule has 2 aromatic heterocycles. The maximum absolute atomic E-state index is 13.9. The van der Waals surface area contributed by atoms with Crippen LogP contribution in [0.4, 0.5) is 15.3 Å². The van der Waals surface area contributed by atoms with E-state index in [9.17, 15) is 4.39 Å². The molecule has 0 atom stereocenters. The SMILES string of the molecule is CC(C)(C)Nc1c(-c2cccc(F)c2)nc2sc(N3CCN(Cc4cccc(C#N)c4)CC3)nn12. The van der Waals surface area contributed by atoms with Gasteiger partial charge in [0, 0.05) is 43.8 Å². The van der Waals surface area contributed by atoms with Crippen LogP contribution in [-0.2, 0) is 6.54 Å². The second-order valence-corrected chi connectivity index (χ2v) is 10.8. The highest BCUT2D eigenvalue weighted by Crippen LogP contribution is 2.35. The number of piperazine rings is 1. The summed E-state index contributed by atoms with van der Waals surface area (Å²) in [5, 5.41) is 18.5. The Bertz CT molecular complexity index is 1390. The Morgan fingerprint density at radius 2 is 1.86 bits per heavy atom. The van der Waals surface area contributed by atoms with E-state index in [0.29, 0.717) is 11.3 Å². The Morgan fingerprint density at radius 3 is 2.57 bits per heavy atom. The molecule has 0 radical (unpaired) electrons. The molecule has 35 heavy (non-hydrogen) atoms. The van der Waals surface area contributed by atoms with Crippen molar-refractivity contribution in [3.05, 3.63) is 65.5 Å². The Morgan fingerprint density at radius 1 is 1.09 bits per heavy atom. The fraction of sp³-hybridized carbons (Fsp3) is 0.346. The minimum Gasteiger partial charge on any atom is -0.364 e. The van der Waals surface area contributed by atoms with Gasteiger partial charge in [0.1, 0.15) is 11.5 Å². The molecule has 0 amide bonds. The molecule has 5 rings (SSSR count). The molecular weight excluding hydrogens is 461 g/mol. The average molecular weight is 490 g/mol. The standard InChI is InChI=1S/C26H28FN7S/c1-26(2,3)30-23-22(20-8-5-9-21(27)15-20)29-24-34(23)31-25(35-24)33-12-10-32(11-13-33)17-19-7-4-6-18(14-19)16-28/h4-9,14-15,30H,10-13,17H2,1-3H3. The van der Waals surface area contributed by atoms with Gasteiger partial charge in [0.05, 0.1) is 11.6 Å². The lowest BCUT2D eigenvalue weighted by molar-refractivity contribution is 0.249. The van der Waals surface area contributed by atoms with Crippen LogP contribution in [0.1, 0.15) is 31.9 Å². The molecule has 4 aromatic rings. The lowest BCUT2D eigenvalue weighted by Gasteiger charge is -2.34. The zero-order chi connectivity index (χ0) is 24.6. The third-order valence-electron chi connectivity index (χ3n) is 5.89. The van der Waals surface area contributed by atoms with Crippen molar-refractivity contribution in [2.75, 3.05) is 36.4 Å². The Balaban J connectivity index is 1.36. The van der Waals surface area contributed by atoms with Crippen LogP contribution in [0, 0.1) is 17.1 Å². The van der Waals surface area contributed by atoms with Gasteiger partial charge in [-0.25, -0.2) is 9.37 Å². The molecule has 0 unspecified atom stereocenters. The molecule has 3 heterocycles. The van der Waals surface area contributed by atoms with Crippen LogP contribution >= 0.6 is 11.3 Å². The third-order valence-corrected chi connectivity index (χ3v) is 6.86. The first kappa shape index (κ1) is 23.3. The van der Waals surface area contributed by atoms with Gasteiger partial charge in [-0.05, 0) is 50.6 Å². The van der Waals surface area contributed by atoms with Gasteiger partial charge in [-0.3, -0.25) is 4.90 Å². The van der Waals surface area contributed by atoms with E-state index in [2.05, 4.69) is 48.0 Å². The molecule has 1 fully saturated rings. The summed E-state index contributed by atoms with van der Waals surface area (Å²) < 4.78 is 15.8. The second-order valence-electron chi connectivity index (χ2n) is 9.85. The molecule has 0 saturated carbocycles. The van der Waals surface area contributed by atoms with Gasteiger partial charge in [-0.1, -0.05) is 35.6 Å². The van der Waals surface area contributed by atoms with E-state index >= 15 is 0 Å². The lowest BCUT2D eigenvalue weighted by Crippen LogP contribution is -2.46. The molecule has 1 saturated heterocycles. The smallest absolute Gasteiger partial charge is 0.216 e. The number of nitriles is 1. The van der Waals surface area contributed by atoms with Crippen molar-refractivity contribution in [2.24, 2.45) is 0 Å². The predicted octanol–water partition coefficient (Wildman–Crippen LogP) is 5.00. The number of hydrogen-bond donors (Lipinski definition) is 1. The van der Waals surface area contributed by atoms with E-state index in [0.717, 1.165) is 59.8 Å². The first-order chi connectivity index (χ1) is 16.8.